The molecule has 0 aliphatic heterocycles. The van der Waals surface area contributed by atoms with Crippen LogP contribution >= 0.6 is 0 Å². The van der Waals surface area contributed by atoms with Crippen LogP contribution in [-0.2, 0) is 4.79 Å². The molecule has 0 aromatic heterocycles. The first-order valence-electron chi connectivity index (χ1n) is 11.4. The molecule has 6 nitrogen and oxygen atoms in total. The van der Waals surface area contributed by atoms with Crippen LogP contribution in [-0.4, -0.2) is 23.8 Å². The number of para-hydroxylation sites is 1. The summed E-state index contributed by atoms with van der Waals surface area (Å²) in [4.78, 5) is 38.8. The fourth-order valence-corrected chi connectivity index (χ4v) is 3.56. The summed E-state index contributed by atoms with van der Waals surface area (Å²) in [6.45, 7) is 7.57. The average Bonchev–Trinajstić information content (AvgIpc) is 2.83. The second-order valence-electron chi connectivity index (χ2n) is 8.70. The topological polar surface area (TPSA) is 87.3 Å². The molecule has 34 heavy (non-hydrogen) atoms. The Balaban J connectivity index is 1.73. The highest BCUT2D eigenvalue weighted by molar-refractivity contribution is 6.06. The van der Waals surface area contributed by atoms with E-state index in [1.165, 1.54) is 0 Å². The third-order valence-corrected chi connectivity index (χ3v) is 5.63. The van der Waals surface area contributed by atoms with Gasteiger partial charge in [-0.15, -0.1) is 0 Å². The molecule has 0 bridgehead atoms. The quantitative estimate of drug-likeness (QED) is 0.451. The van der Waals surface area contributed by atoms with Gasteiger partial charge in [0.1, 0.15) is 6.04 Å². The largest absolute Gasteiger partial charge is 0.345 e. The van der Waals surface area contributed by atoms with Crippen LogP contribution in [0.15, 0.2) is 78.9 Å². The van der Waals surface area contributed by atoms with Gasteiger partial charge in [-0.3, -0.25) is 14.4 Å². The van der Waals surface area contributed by atoms with Crippen LogP contribution in [0.25, 0.3) is 0 Å². The monoisotopic (exact) mass is 457 g/mol. The van der Waals surface area contributed by atoms with Crippen molar-refractivity contribution in [3.05, 3.63) is 101 Å². The molecule has 0 radical (unpaired) electrons. The lowest BCUT2D eigenvalue weighted by Gasteiger charge is -2.23. The Labute approximate surface area is 200 Å². The molecular weight excluding hydrogens is 426 g/mol. The predicted octanol–water partition coefficient (Wildman–Crippen LogP) is 4.88. The third kappa shape index (κ3) is 6.32. The Morgan fingerprint density at radius 1 is 0.706 bits per heavy atom. The van der Waals surface area contributed by atoms with Crippen molar-refractivity contribution in [2.45, 2.75) is 39.8 Å². The molecule has 0 unspecified atom stereocenters. The summed E-state index contributed by atoms with van der Waals surface area (Å²) in [5, 5.41) is 8.64. The maximum absolute atomic E-state index is 13.1. The Kier molecular flexibility index (Phi) is 8.19. The summed E-state index contributed by atoms with van der Waals surface area (Å²) in [5.41, 5.74) is 3.26. The van der Waals surface area contributed by atoms with E-state index in [0.29, 0.717) is 16.8 Å². The van der Waals surface area contributed by atoms with Crippen LogP contribution in [0.5, 0.6) is 0 Å². The summed E-state index contributed by atoms with van der Waals surface area (Å²) in [6, 6.07) is 22.7. The lowest BCUT2D eigenvalue weighted by Crippen LogP contribution is -2.47. The first kappa shape index (κ1) is 24.7. The average molecular weight is 458 g/mol. The highest BCUT2D eigenvalue weighted by Crippen LogP contribution is 2.19. The fourth-order valence-electron chi connectivity index (χ4n) is 3.56. The summed E-state index contributed by atoms with van der Waals surface area (Å²) in [7, 11) is 0. The van der Waals surface area contributed by atoms with Crippen molar-refractivity contribution in [1.29, 1.82) is 0 Å². The van der Waals surface area contributed by atoms with Gasteiger partial charge in [0.2, 0.25) is 5.91 Å². The van der Waals surface area contributed by atoms with Crippen LogP contribution < -0.4 is 16.0 Å². The highest BCUT2D eigenvalue weighted by atomic mass is 16.2. The highest BCUT2D eigenvalue weighted by Gasteiger charge is 2.26. The molecular formula is C28H31N3O3. The van der Waals surface area contributed by atoms with Crippen molar-refractivity contribution in [1.82, 2.24) is 10.6 Å². The molecule has 0 heterocycles. The van der Waals surface area contributed by atoms with Gasteiger partial charge in [-0.2, -0.15) is 0 Å². The van der Waals surface area contributed by atoms with Crippen molar-refractivity contribution in [2.24, 2.45) is 5.92 Å². The number of aryl methyl sites for hydroxylation is 1. The number of amides is 3. The van der Waals surface area contributed by atoms with Crippen molar-refractivity contribution in [3.8, 4) is 0 Å². The lowest BCUT2D eigenvalue weighted by atomic mass is 10.0. The molecule has 6 heteroatoms. The minimum absolute atomic E-state index is 0.159. The van der Waals surface area contributed by atoms with Crippen LogP contribution in [0.3, 0.4) is 0 Å². The van der Waals surface area contributed by atoms with E-state index in [0.717, 1.165) is 11.1 Å². The Morgan fingerprint density at radius 2 is 1.32 bits per heavy atom. The zero-order valence-electron chi connectivity index (χ0n) is 20.0. The summed E-state index contributed by atoms with van der Waals surface area (Å²) in [6.07, 6.45) is 0. The van der Waals surface area contributed by atoms with Gasteiger partial charge < -0.3 is 16.0 Å². The van der Waals surface area contributed by atoms with E-state index in [2.05, 4.69) is 16.0 Å². The van der Waals surface area contributed by atoms with E-state index in [9.17, 15) is 14.4 Å². The molecule has 3 amide bonds. The van der Waals surface area contributed by atoms with Crippen LogP contribution in [0.4, 0.5) is 5.69 Å². The fraction of sp³-hybridized carbons (Fsp3) is 0.250. The molecule has 0 spiro atoms. The van der Waals surface area contributed by atoms with E-state index >= 15 is 0 Å². The minimum Gasteiger partial charge on any atom is -0.345 e. The summed E-state index contributed by atoms with van der Waals surface area (Å²) >= 11 is 0. The predicted molar refractivity (Wildman–Crippen MR) is 135 cm³/mol. The molecule has 3 aromatic rings. The van der Waals surface area contributed by atoms with Crippen molar-refractivity contribution < 1.29 is 14.4 Å². The van der Waals surface area contributed by atoms with Gasteiger partial charge >= 0.3 is 0 Å². The molecule has 0 fully saturated rings. The number of benzene rings is 3. The van der Waals surface area contributed by atoms with E-state index < -0.39 is 6.04 Å². The van der Waals surface area contributed by atoms with Gasteiger partial charge in [-0.05, 0) is 49.6 Å². The smallest absolute Gasteiger partial charge is 0.253 e. The Bertz CT molecular complexity index is 1140. The SMILES string of the molecule is Cc1ccc(C(=O)N[C@H](C(=O)Nc2ccccc2C(=O)N[C@H](C)c2ccccc2)C(C)C)cc1. The molecule has 3 N–H and O–H groups in total. The van der Waals surface area contributed by atoms with Crippen molar-refractivity contribution in [3.63, 3.8) is 0 Å². The maximum Gasteiger partial charge on any atom is 0.253 e. The number of carbonyl (C=O) groups is 3. The zero-order valence-corrected chi connectivity index (χ0v) is 20.0. The normalized spacial score (nSPS) is 12.5. The minimum atomic E-state index is -0.770. The summed E-state index contributed by atoms with van der Waals surface area (Å²) < 4.78 is 0. The molecule has 2 atom stereocenters. The first-order chi connectivity index (χ1) is 16.3. The third-order valence-electron chi connectivity index (χ3n) is 5.63. The second kappa shape index (κ2) is 11.3. The van der Waals surface area contributed by atoms with Gasteiger partial charge in [0, 0.05) is 5.56 Å². The lowest BCUT2D eigenvalue weighted by molar-refractivity contribution is -0.118. The number of hydrogen-bond acceptors (Lipinski definition) is 3. The van der Waals surface area contributed by atoms with E-state index in [1.54, 1.807) is 36.4 Å². The molecule has 0 saturated heterocycles. The first-order valence-corrected chi connectivity index (χ1v) is 11.4. The van der Waals surface area contributed by atoms with Crippen LogP contribution in [0.2, 0.25) is 0 Å². The van der Waals surface area contributed by atoms with E-state index in [4.69, 9.17) is 0 Å². The second-order valence-corrected chi connectivity index (χ2v) is 8.70. The number of anilines is 1. The van der Waals surface area contributed by atoms with Gasteiger partial charge in [0.05, 0.1) is 17.3 Å². The Hall–Kier alpha value is -3.93. The zero-order chi connectivity index (χ0) is 24.7. The number of carbonyl (C=O) groups excluding carboxylic acids is 3. The molecule has 176 valence electrons. The van der Waals surface area contributed by atoms with E-state index in [1.807, 2.05) is 70.2 Å². The standard InChI is InChI=1S/C28H31N3O3/c1-18(2)25(31-26(32)22-16-14-19(3)15-17-22)28(34)30-24-13-9-8-12-23(24)27(33)29-20(4)21-10-6-5-7-11-21/h5-18,20,25H,1-4H3,(H,29,33)(H,30,34)(H,31,32)/t20-,25+/m1/s1. The number of rotatable bonds is 8. The van der Waals surface area contributed by atoms with E-state index in [-0.39, 0.29) is 29.7 Å². The maximum atomic E-state index is 13.1. The number of hydrogen-bond donors (Lipinski definition) is 3. The number of nitrogens with one attached hydrogen (secondary N) is 3. The van der Waals surface area contributed by atoms with Crippen LogP contribution in [0.1, 0.15) is 58.7 Å². The van der Waals surface area contributed by atoms with Gasteiger partial charge in [-0.1, -0.05) is 74.0 Å². The van der Waals surface area contributed by atoms with Gasteiger partial charge in [0.15, 0.2) is 0 Å². The molecule has 0 aliphatic carbocycles. The van der Waals surface area contributed by atoms with Gasteiger partial charge in [0.25, 0.3) is 11.8 Å². The molecule has 0 saturated carbocycles. The molecule has 3 rings (SSSR count). The van der Waals surface area contributed by atoms with Crippen LogP contribution in [0, 0.1) is 12.8 Å². The molecule has 0 aliphatic rings. The summed E-state index contributed by atoms with van der Waals surface area (Å²) in [5.74, 6) is -1.16. The van der Waals surface area contributed by atoms with Gasteiger partial charge in [-0.25, -0.2) is 0 Å². The molecule has 3 aromatic carbocycles. The van der Waals surface area contributed by atoms with Crippen molar-refractivity contribution >= 4 is 23.4 Å². The van der Waals surface area contributed by atoms with Crippen molar-refractivity contribution in [2.75, 3.05) is 5.32 Å². The Morgan fingerprint density at radius 3 is 1.97 bits per heavy atom.